The Bertz CT molecular complexity index is 626. The summed E-state index contributed by atoms with van der Waals surface area (Å²) in [6.07, 6.45) is 8.04. The highest BCUT2D eigenvalue weighted by Crippen LogP contribution is 2.23. The molecule has 148 valence electrons. The molecule has 2 N–H and O–H groups in total. The van der Waals surface area contributed by atoms with E-state index in [0.717, 1.165) is 30.8 Å². The Balaban J connectivity index is 1.47. The number of anilines is 1. The number of urea groups is 1. The Morgan fingerprint density at radius 2 is 1.81 bits per heavy atom. The summed E-state index contributed by atoms with van der Waals surface area (Å²) >= 11 is 0. The maximum atomic E-state index is 12.6. The highest BCUT2D eigenvalue weighted by Gasteiger charge is 2.28. The first-order chi connectivity index (χ1) is 13.2. The molecule has 6 heteroatoms. The van der Waals surface area contributed by atoms with Crippen LogP contribution in [0.4, 0.5) is 10.5 Å². The van der Waals surface area contributed by atoms with Crippen molar-refractivity contribution < 1.29 is 14.3 Å². The molecule has 1 saturated carbocycles. The molecule has 0 bridgehead atoms. The summed E-state index contributed by atoms with van der Waals surface area (Å²) < 4.78 is 5.13. The van der Waals surface area contributed by atoms with Gasteiger partial charge >= 0.3 is 6.03 Å². The number of carbonyl (C=O) groups excluding carboxylic acids is 2. The topological polar surface area (TPSA) is 70.7 Å². The molecule has 1 aromatic carbocycles. The van der Waals surface area contributed by atoms with E-state index in [1.807, 2.05) is 24.3 Å². The fourth-order valence-electron chi connectivity index (χ4n) is 4.03. The number of benzene rings is 1. The number of nitrogens with one attached hydrogen (secondary N) is 2. The third-order valence-corrected chi connectivity index (χ3v) is 5.71. The van der Waals surface area contributed by atoms with E-state index in [-0.39, 0.29) is 17.9 Å². The summed E-state index contributed by atoms with van der Waals surface area (Å²) in [7, 11) is 1.61. The van der Waals surface area contributed by atoms with Crippen molar-refractivity contribution in [2.75, 3.05) is 32.1 Å². The molecule has 0 aromatic heterocycles. The monoisotopic (exact) mass is 373 g/mol. The number of nitrogens with zero attached hydrogens (tertiary/aromatic N) is 1. The second-order valence-corrected chi connectivity index (χ2v) is 7.69. The minimum atomic E-state index is -0.148. The van der Waals surface area contributed by atoms with E-state index in [1.165, 1.54) is 32.1 Å². The molecule has 0 spiro atoms. The fraction of sp³-hybridized carbons (Fsp3) is 0.619. The van der Waals surface area contributed by atoms with Crippen LogP contribution in [0.2, 0.25) is 0 Å². The number of likely N-dealkylation sites (tertiary alicyclic amines) is 1. The third-order valence-electron chi connectivity index (χ3n) is 5.71. The predicted octanol–water partition coefficient (Wildman–Crippen LogP) is 3.64. The molecule has 3 rings (SSSR count). The fourth-order valence-corrected chi connectivity index (χ4v) is 4.03. The minimum Gasteiger partial charge on any atom is -0.497 e. The number of piperidine rings is 1. The van der Waals surface area contributed by atoms with Crippen LogP contribution < -0.4 is 15.4 Å². The first kappa shape index (κ1) is 19.5. The Morgan fingerprint density at radius 1 is 1.07 bits per heavy atom. The van der Waals surface area contributed by atoms with E-state index >= 15 is 0 Å². The van der Waals surface area contributed by atoms with Gasteiger partial charge in [0, 0.05) is 25.3 Å². The lowest BCUT2D eigenvalue weighted by Gasteiger charge is -2.32. The molecule has 1 aromatic rings. The average Bonchev–Trinajstić information content (AvgIpc) is 2.73. The molecule has 1 saturated heterocycles. The number of rotatable bonds is 5. The van der Waals surface area contributed by atoms with E-state index in [9.17, 15) is 9.59 Å². The molecule has 0 radical (unpaired) electrons. The molecular weight excluding hydrogens is 342 g/mol. The highest BCUT2D eigenvalue weighted by atomic mass is 16.5. The first-order valence-electron chi connectivity index (χ1n) is 10.1. The van der Waals surface area contributed by atoms with Crippen LogP contribution in [0.25, 0.3) is 0 Å². The molecule has 3 amide bonds. The summed E-state index contributed by atoms with van der Waals surface area (Å²) in [4.78, 5) is 26.9. The van der Waals surface area contributed by atoms with Crippen molar-refractivity contribution in [3.63, 3.8) is 0 Å². The van der Waals surface area contributed by atoms with Gasteiger partial charge < -0.3 is 20.3 Å². The quantitative estimate of drug-likeness (QED) is 0.828. The van der Waals surface area contributed by atoms with E-state index in [4.69, 9.17) is 4.74 Å². The van der Waals surface area contributed by atoms with Crippen LogP contribution in [0.5, 0.6) is 5.75 Å². The van der Waals surface area contributed by atoms with Gasteiger partial charge in [0.25, 0.3) is 0 Å². The number of hydrogen-bond acceptors (Lipinski definition) is 3. The van der Waals surface area contributed by atoms with E-state index in [2.05, 4.69) is 10.6 Å². The number of carbonyl (C=O) groups is 2. The van der Waals surface area contributed by atoms with E-state index in [0.29, 0.717) is 19.0 Å². The number of amides is 3. The van der Waals surface area contributed by atoms with Gasteiger partial charge in [0.2, 0.25) is 5.91 Å². The van der Waals surface area contributed by atoms with Crippen LogP contribution in [-0.4, -0.2) is 43.6 Å². The predicted molar refractivity (Wildman–Crippen MR) is 106 cm³/mol. The Morgan fingerprint density at radius 3 is 2.52 bits per heavy atom. The molecule has 2 aliphatic rings. The smallest absolute Gasteiger partial charge is 0.321 e. The van der Waals surface area contributed by atoms with Crippen molar-refractivity contribution in [1.29, 1.82) is 0 Å². The summed E-state index contributed by atoms with van der Waals surface area (Å²) in [5.74, 6) is 1.37. The van der Waals surface area contributed by atoms with Crippen molar-refractivity contribution in [1.82, 2.24) is 10.2 Å². The zero-order valence-electron chi connectivity index (χ0n) is 16.2. The van der Waals surface area contributed by atoms with Gasteiger partial charge in [0.1, 0.15) is 5.75 Å². The van der Waals surface area contributed by atoms with Crippen LogP contribution >= 0.6 is 0 Å². The van der Waals surface area contributed by atoms with Crippen molar-refractivity contribution in [3.05, 3.63) is 24.3 Å². The Labute approximate surface area is 161 Å². The van der Waals surface area contributed by atoms with Crippen molar-refractivity contribution in [2.45, 2.75) is 44.9 Å². The van der Waals surface area contributed by atoms with Gasteiger partial charge in [0.15, 0.2) is 0 Å². The molecule has 6 nitrogen and oxygen atoms in total. The first-order valence-corrected chi connectivity index (χ1v) is 10.1. The van der Waals surface area contributed by atoms with Crippen LogP contribution in [-0.2, 0) is 4.79 Å². The van der Waals surface area contributed by atoms with Gasteiger partial charge in [-0.3, -0.25) is 4.79 Å². The highest BCUT2D eigenvalue weighted by molar-refractivity contribution is 5.90. The molecule has 27 heavy (non-hydrogen) atoms. The van der Waals surface area contributed by atoms with Crippen LogP contribution in [0.3, 0.4) is 0 Å². The van der Waals surface area contributed by atoms with Gasteiger partial charge in [0.05, 0.1) is 13.0 Å². The second kappa shape index (κ2) is 9.62. The summed E-state index contributed by atoms with van der Waals surface area (Å²) in [6.45, 7) is 1.96. The van der Waals surface area contributed by atoms with Gasteiger partial charge in [-0.1, -0.05) is 19.3 Å². The molecule has 2 fully saturated rings. The van der Waals surface area contributed by atoms with Gasteiger partial charge in [-0.2, -0.15) is 0 Å². The Kier molecular flexibility index (Phi) is 6.96. The van der Waals surface area contributed by atoms with Crippen molar-refractivity contribution in [3.8, 4) is 5.75 Å². The largest absolute Gasteiger partial charge is 0.497 e. The molecule has 1 heterocycles. The van der Waals surface area contributed by atoms with E-state index in [1.54, 1.807) is 12.0 Å². The van der Waals surface area contributed by atoms with Crippen LogP contribution in [0.1, 0.15) is 44.9 Å². The third kappa shape index (κ3) is 5.62. The van der Waals surface area contributed by atoms with Gasteiger partial charge in [-0.25, -0.2) is 4.79 Å². The summed E-state index contributed by atoms with van der Waals surface area (Å²) in [6, 6.07) is 7.11. The van der Waals surface area contributed by atoms with Crippen molar-refractivity contribution >= 4 is 17.6 Å². The van der Waals surface area contributed by atoms with Crippen LogP contribution in [0.15, 0.2) is 24.3 Å². The zero-order chi connectivity index (χ0) is 19.1. The second-order valence-electron chi connectivity index (χ2n) is 7.69. The number of ether oxygens (including phenoxy) is 1. The lowest BCUT2D eigenvalue weighted by molar-refractivity contribution is -0.126. The lowest BCUT2D eigenvalue weighted by Crippen LogP contribution is -2.47. The standard InChI is InChI=1S/C21H31N3O3/c1-27-19-11-9-18(10-12-19)23-21(26)24-13-5-8-17(15-24)20(25)22-14-16-6-3-2-4-7-16/h9-12,16-17H,2-8,13-15H2,1H3,(H,22,25)(H,23,26). The SMILES string of the molecule is COc1ccc(NC(=O)N2CCCC(C(=O)NCC3CCCCC3)C2)cc1. The molecule has 1 unspecified atom stereocenters. The molecular formula is C21H31N3O3. The maximum Gasteiger partial charge on any atom is 0.321 e. The minimum absolute atomic E-state index is 0.0996. The van der Waals surface area contributed by atoms with E-state index < -0.39 is 0 Å². The maximum absolute atomic E-state index is 12.6. The summed E-state index contributed by atoms with van der Waals surface area (Å²) in [5, 5.41) is 6.04. The Hall–Kier alpha value is -2.24. The van der Waals surface area contributed by atoms with Crippen LogP contribution in [0, 0.1) is 11.8 Å². The lowest BCUT2D eigenvalue weighted by atomic mass is 9.89. The molecule has 1 aliphatic heterocycles. The van der Waals surface area contributed by atoms with Crippen molar-refractivity contribution in [2.24, 2.45) is 11.8 Å². The number of methoxy groups -OCH3 is 1. The summed E-state index contributed by atoms with van der Waals surface area (Å²) in [5.41, 5.74) is 0.727. The average molecular weight is 373 g/mol. The van der Waals surface area contributed by atoms with Gasteiger partial charge in [-0.05, 0) is 55.9 Å². The zero-order valence-corrected chi connectivity index (χ0v) is 16.2. The van der Waals surface area contributed by atoms with Gasteiger partial charge in [-0.15, -0.1) is 0 Å². The molecule has 1 aliphatic carbocycles. The number of hydrogen-bond donors (Lipinski definition) is 2. The molecule has 1 atom stereocenters. The normalized spacial score (nSPS) is 20.8.